The highest BCUT2D eigenvalue weighted by Gasteiger charge is 2.23. The largest absolute Gasteiger partial charge is 0.314 e. The van der Waals surface area contributed by atoms with E-state index < -0.39 is 0 Å². The van der Waals surface area contributed by atoms with Crippen molar-refractivity contribution in [2.75, 3.05) is 6.54 Å². The quantitative estimate of drug-likeness (QED) is 0.838. The van der Waals surface area contributed by atoms with Crippen LogP contribution in [0.25, 0.3) is 10.9 Å². The van der Waals surface area contributed by atoms with Crippen LogP contribution in [0.3, 0.4) is 0 Å². The van der Waals surface area contributed by atoms with Crippen molar-refractivity contribution in [2.24, 2.45) is 0 Å². The first-order valence-electron chi connectivity index (χ1n) is 8.03. The fourth-order valence-corrected chi connectivity index (χ4v) is 2.99. The van der Waals surface area contributed by atoms with Gasteiger partial charge in [-0.1, -0.05) is 32.9 Å². The average molecular weight is 284 g/mol. The number of nitrogens with zero attached hydrogens (tertiary/aromatic N) is 1. The maximum absolute atomic E-state index is 4.59. The topological polar surface area (TPSA) is 24.9 Å². The third kappa shape index (κ3) is 4.04. The number of hydrogen-bond donors (Lipinski definition) is 1. The van der Waals surface area contributed by atoms with Gasteiger partial charge in [0.25, 0.3) is 0 Å². The number of pyridine rings is 1. The first-order chi connectivity index (χ1) is 9.92. The third-order valence-corrected chi connectivity index (χ3v) is 4.17. The summed E-state index contributed by atoms with van der Waals surface area (Å²) in [5.41, 5.74) is 3.73. The van der Waals surface area contributed by atoms with Crippen LogP contribution in [0.1, 0.15) is 51.8 Å². The van der Waals surface area contributed by atoms with Gasteiger partial charge in [0.05, 0.1) is 5.52 Å². The standard InChI is InChI=1S/C19H28N2/c1-6-11-20-15(3)13-19(4,5)17-9-10-18-16(12-17)8-7-14(2)21-18/h7-10,12,15,20H,6,11,13H2,1-5H3. The monoisotopic (exact) mass is 284 g/mol. The van der Waals surface area contributed by atoms with Crippen LogP contribution < -0.4 is 5.32 Å². The first-order valence-corrected chi connectivity index (χ1v) is 8.03. The second-order valence-electron chi connectivity index (χ2n) is 6.80. The van der Waals surface area contributed by atoms with E-state index in [9.17, 15) is 0 Å². The molecule has 0 spiro atoms. The van der Waals surface area contributed by atoms with Crippen LogP contribution in [0.5, 0.6) is 0 Å². The molecule has 0 radical (unpaired) electrons. The number of hydrogen-bond acceptors (Lipinski definition) is 2. The van der Waals surface area contributed by atoms with Gasteiger partial charge >= 0.3 is 0 Å². The lowest BCUT2D eigenvalue weighted by Crippen LogP contribution is -2.33. The minimum atomic E-state index is 0.166. The summed E-state index contributed by atoms with van der Waals surface area (Å²) >= 11 is 0. The van der Waals surface area contributed by atoms with E-state index in [1.165, 1.54) is 17.4 Å². The molecule has 1 heterocycles. The Hall–Kier alpha value is -1.41. The summed E-state index contributed by atoms with van der Waals surface area (Å²) in [5, 5.41) is 4.83. The van der Waals surface area contributed by atoms with Crippen LogP contribution in [0, 0.1) is 6.92 Å². The third-order valence-electron chi connectivity index (χ3n) is 4.17. The number of aromatic nitrogens is 1. The molecular weight excluding hydrogens is 256 g/mol. The predicted molar refractivity (Wildman–Crippen MR) is 91.9 cm³/mol. The number of nitrogens with one attached hydrogen (secondary N) is 1. The van der Waals surface area contributed by atoms with Crippen LogP contribution in [0.4, 0.5) is 0 Å². The van der Waals surface area contributed by atoms with Crippen molar-refractivity contribution in [3.63, 3.8) is 0 Å². The summed E-state index contributed by atoms with van der Waals surface area (Å²) in [6.07, 6.45) is 2.32. The Kier molecular flexibility index (Phi) is 5.00. The Morgan fingerprint density at radius 3 is 2.67 bits per heavy atom. The molecule has 0 aliphatic rings. The summed E-state index contributed by atoms with van der Waals surface area (Å²) in [6.45, 7) is 12.3. The normalized spacial score (nSPS) is 13.6. The van der Waals surface area contributed by atoms with Crippen molar-refractivity contribution in [1.82, 2.24) is 10.3 Å². The predicted octanol–water partition coefficient (Wildman–Crippen LogP) is 4.60. The minimum Gasteiger partial charge on any atom is -0.314 e. The molecule has 1 aromatic heterocycles. The first kappa shape index (κ1) is 16.0. The van der Waals surface area contributed by atoms with Crippen LogP contribution in [0.2, 0.25) is 0 Å². The molecule has 114 valence electrons. The van der Waals surface area contributed by atoms with Crippen LogP contribution in [0.15, 0.2) is 30.3 Å². The van der Waals surface area contributed by atoms with Gasteiger partial charge in [0.1, 0.15) is 0 Å². The molecule has 2 nitrogen and oxygen atoms in total. The number of fused-ring (bicyclic) bond motifs is 1. The Balaban J connectivity index is 2.21. The van der Waals surface area contributed by atoms with Gasteiger partial charge < -0.3 is 5.32 Å². The smallest absolute Gasteiger partial charge is 0.0705 e. The van der Waals surface area contributed by atoms with Gasteiger partial charge in [0.15, 0.2) is 0 Å². The van der Waals surface area contributed by atoms with E-state index in [-0.39, 0.29) is 5.41 Å². The van der Waals surface area contributed by atoms with Crippen molar-refractivity contribution < 1.29 is 0 Å². The Labute approximate surface area is 129 Å². The van der Waals surface area contributed by atoms with Crippen molar-refractivity contribution >= 4 is 10.9 Å². The number of rotatable bonds is 6. The highest BCUT2D eigenvalue weighted by atomic mass is 14.9. The lowest BCUT2D eigenvalue weighted by Gasteiger charge is -2.29. The molecule has 2 heteroatoms. The van der Waals surface area contributed by atoms with E-state index >= 15 is 0 Å². The molecule has 1 atom stereocenters. The molecule has 0 aliphatic carbocycles. The molecule has 2 aromatic rings. The molecule has 0 aliphatic heterocycles. The summed E-state index contributed by atoms with van der Waals surface area (Å²) in [4.78, 5) is 4.59. The van der Waals surface area contributed by atoms with Crippen molar-refractivity contribution in [3.8, 4) is 0 Å². The summed E-state index contributed by atoms with van der Waals surface area (Å²) in [7, 11) is 0. The van der Waals surface area contributed by atoms with E-state index in [1.54, 1.807) is 0 Å². The highest BCUT2D eigenvalue weighted by molar-refractivity contribution is 5.79. The summed E-state index contributed by atoms with van der Waals surface area (Å²) in [5.74, 6) is 0. The fourth-order valence-electron chi connectivity index (χ4n) is 2.99. The van der Waals surface area contributed by atoms with Gasteiger partial charge in [-0.15, -0.1) is 0 Å². The Morgan fingerprint density at radius 2 is 1.95 bits per heavy atom. The fraction of sp³-hybridized carbons (Fsp3) is 0.526. The highest BCUT2D eigenvalue weighted by Crippen LogP contribution is 2.30. The maximum atomic E-state index is 4.59. The van der Waals surface area contributed by atoms with E-state index in [1.807, 2.05) is 6.92 Å². The van der Waals surface area contributed by atoms with Crippen LogP contribution >= 0.6 is 0 Å². The minimum absolute atomic E-state index is 0.166. The lowest BCUT2D eigenvalue weighted by atomic mass is 9.79. The molecule has 2 rings (SSSR count). The number of aryl methyl sites for hydroxylation is 1. The van der Waals surface area contributed by atoms with Crippen molar-refractivity contribution in [1.29, 1.82) is 0 Å². The zero-order chi connectivity index (χ0) is 15.5. The molecule has 1 unspecified atom stereocenters. The van der Waals surface area contributed by atoms with Crippen LogP contribution in [-0.4, -0.2) is 17.6 Å². The zero-order valence-electron chi connectivity index (χ0n) is 14.0. The second-order valence-corrected chi connectivity index (χ2v) is 6.80. The molecule has 0 saturated heterocycles. The molecule has 0 amide bonds. The zero-order valence-corrected chi connectivity index (χ0v) is 14.0. The molecule has 0 saturated carbocycles. The maximum Gasteiger partial charge on any atom is 0.0705 e. The van der Waals surface area contributed by atoms with Gasteiger partial charge in [-0.05, 0) is 62.4 Å². The average Bonchev–Trinajstić information content (AvgIpc) is 2.44. The summed E-state index contributed by atoms with van der Waals surface area (Å²) in [6, 6.07) is 11.5. The van der Waals surface area contributed by atoms with E-state index in [0.717, 1.165) is 24.2 Å². The Morgan fingerprint density at radius 1 is 1.19 bits per heavy atom. The molecule has 1 N–H and O–H groups in total. The van der Waals surface area contributed by atoms with E-state index in [4.69, 9.17) is 0 Å². The SMILES string of the molecule is CCCNC(C)CC(C)(C)c1ccc2nc(C)ccc2c1. The van der Waals surface area contributed by atoms with Gasteiger partial charge in [0.2, 0.25) is 0 Å². The lowest BCUT2D eigenvalue weighted by molar-refractivity contribution is 0.390. The van der Waals surface area contributed by atoms with Crippen LogP contribution in [-0.2, 0) is 5.41 Å². The van der Waals surface area contributed by atoms with Crippen molar-refractivity contribution in [2.45, 2.75) is 58.9 Å². The molecular formula is C19H28N2. The van der Waals surface area contributed by atoms with E-state index in [0.29, 0.717) is 6.04 Å². The summed E-state index contributed by atoms with van der Waals surface area (Å²) < 4.78 is 0. The van der Waals surface area contributed by atoms with Gasteiger partial charge in [0, 0.05) is 17.1 Å². The van der Waals surface area contributed by atoms with Gasteiger partial charge in [-0.3, -0.25) is 4.98 Å². The van der Waals surface area contributed by atoms with Gasteiger partial charge in [-0.2, -0.15) is 0 Å². The molecule has 0 bridgehead atoms. The molecule has 1 aromatic carbocycles. The number of benzene rings is 1. The Bertz CT molecular complexity index is 602. The molecule has 0 fully saturated rings. The molecule has 21 heavy (non-hydrogen) atoms. The second kappa shape index (κ2) is 6.57. The van der Waals surface area contributed by atoms with Gasteiger partial charge in [-0.25, -0.2) is 0 Å². The van der Waals surface area contributed by atoms with Crippen molar-refractivity contribution in [3.05, 3.63) is 41.6 Å². The van der Waals surface area contributed by atoms with E-state index in [2.05, 4.69) is 68.3 Å².